The van der Waals surface area contributed by atoms with Crippen LogP contribution in [0.25, 0.3) is 10.9 Å². The highest BCUT2D eigenvalue weighted by atomic mass is 35.5. The van der Waals surface area contributed by atoms with E-state index in [0.29, 0.717) is 5.56 Å². The summed E-state index contributed by atoms with van der Waals surface area (Å²) in [7, 11) is 1.24. The minimum atomic E-state index is -5.82. The second kappa shape index (κ2) is 4.94. The Balaban J connectivity index is 2.82. The molecule has 21 heavy (non-hydrogen) atoms. The lowest BCUT2D eigenvalue weighted by atomic mass is 10.1. The minimum Gasteiger partial charge on any atom is -0.494 e. The molecule has 0 saturated carbocycles. The van der Waals surface area contributed by atoms with Gasteiger partial charge in [-0.3, -0.25) is 0 Å². The number of methoxy groups -OCH3 is 1. The lowest BCUT2D eigenvalue weighted by Crippen LogP contribution is -2.35. The molecule has 0 radical (unpaired) electrons. The van der Waals surface area contributed by atoms with Crippen LogP contribution in [0.2, 0.25) is 5.15 Å². The zero-order valence-electron chi connectivity index (χ0n) is 10.7. The number of ether oxygens (including phenoxy) is 1. The fourth-order valence-electron chi connectivity index (χ4n) is 1.76. The summed E-state index contributed by atoms with van der Waals surface area (Å²) in [4.78, 5) is 6.42. The van der Waals surface area contributed by atoms with Gasteiger partial charge in [-0.25, -0.2) is 9.97 Å². The summed E-state index contributed by atoms with van der Waals surface area (Å²) < 4.78 is 68.9. The Morgan fingerprint density at radius 2 is 1.71 bits per heavy atom. The summed E-state index contributed by atoms with van der Waals surface area (Å²) in [6, 6.07) is 2.97. The number of aryl methyl sites for hydroxylation is 1. The molecule has 0 bridgehead atoms. The van der Waals surface area contributed by atoms with Crippen LogP contribution in [-0.4, -0.2) is 23.3 Å². The number of hydrogen-bond acceptors (Lipinski definition) is 3. The molecule has 1 heterocycles. The summed E-state index contributed by atoms with van der Waals surface area (Å²) >= 11 is 5.75. The Bertz CT molecular complexity index is 702. The van der Waals surface area contributed by atoms with E-state index in [1.165, 1.54) is 13.2 Å². The van der Waals surface area contributed by atoms with Gasteiger partial charge in [0.1, 0.15) is 16.4 Å². The quantitative estimate of drug-likeness (QED) is 0.611. The molecule has 0 aliphatic carbocycles. The van der Waals surface area contributed by atoms with E-state index in [1.807, 2.05) is 0 Å². The van der Waals surface area contributed by atoms with Crippen molar-refractivity contribution in [1.82, 2.24) is 9.97 Å². The van der Waals surface area contributed by atoms with E-state index in [2.05, 4.69) is 9.97 Å². The van der Waals surface area contributed by atoms with Crippen molar-refractivity contribution in [2.24, 2.45) is 0 Å². The number of halogens is 6. The molecule has 0 aliphatic rings. The average molecular weight is 327 g/mol. The van der Waals surface area contributed by atoms with Crippen molar-refractivity contribution in [1.29, 1.82) is 0 Å². The molecular weight excluding hydrogens is 319 g/mol. The van der Waals surface area contributed by atoms with Crippen molar-refractivity contribution in [3.63, 3.8) is 0 Å². The lowest BCUT2D eigenvalue weighted by molar-refractivity contribution is -0.292. The van der Waals surface area contributed by atoms with Crippen LogP contribution in [0.1, 0.15) is 11.4 Å². The maximum atomic E-state index is 13.4. The smallest absolute Gasteiger partial charge is 0.461 e. The minimum absolute atomic E-state index is 0.0270. The van der Waals surface area contributed by atoms with Crippen LogP contribution in [-0.2, 0) is 5.92 Å². The molecule has 0 unspecified atom stereocenters. The summed E-state index contributed by atoms with van der Waals surface area (Å²) in [6.45, 7) is 1.60. The van der Waals surface area contributed by atoms with Crippen LogP contribution < -0.4 is 4.74 Å². The van der Waals surface area contributed by atoms with Crippen molar-refractivity contribution in [2.75, 3.05) is 7.11 Å². The molecule has 0 saturated heterocycles. The van der Waals surface area contributed by atoms with Gasteiger partial charge in [0, 0.05) is 5.39 Å². The van der Waals surface area contributed by atoms with Gasteiger partial charge in [0.05, 0.1) is 7.11 Å². The molecule has 2 rings (SSSR count). The van der Waals surface area contributed by atoms with E-state index in [4.69, 9.17) is 16.3 Å². The zero-order chi connectivity index (χ0) is 16.0. The molecule has 1 aromatic heterocycles. The van der Waals surface area contributed by atoms with Crippen LogP contribution >= 0.6 is 11.6 Å². The van der Waals surface area contributed by atoms with Gasteiger partial charge >= 0.3 is 12.1 Å². The van der Waals surface area contributed by atoms with Crippen molar-refractivity contribution in [2.45, 2.75) is 19.0 Å². The van der Waals surface area contributed by atoms with E-state index in [-0.39, 0.29) is 16.7 Å². The van der Waals surface area contributed by atoms with E-state index in [1.54, 1.807) is 13.0 Å². The van der Waals surface area contributed by atoms with Gasteiger partial charge in [0.25, 0.3) is 0 Å². The van der Waals surface area contributed by atoms with Gasteiger partial charge < -0.3 is 4.74 Å². The average Bonchev–Trinajstić information content (AvgIpc) is 2.37. The molecule has 0 atom stereocenters. The number of alkyl halides is 5. The number of benzene rings is 1. The third-order valence-corrected chi connectivity index (χ3v) is 3.11. The van der Waals surface area contributed by atoms with Crippen molar-refractivity contribution in [3.05, 3.63) is 28.7 Å². The van der Waals surface area contributed by atoms with E-state index < -0.39 is 23.1 Å². The highest BCUT2D eigenvalue weighted by Gasteiger charge is 2.61. The van der Waals surface area contributed by atoms with E-state index in [0.717, 1.165) is 0 Å². The molecule has 9 heteroatoms. The summed E-state index contributed by atoms with van der Waals surface area (Å²) in [6.07, 6.45) is -5.82. The van der Waals surface area contributed by atoms with Gasteiger partial charge in [-0.1, -0.05) is 17.7 Å². The fourth-order valence-corrected chi connectivity index (χ4v) is 2.07. The molecular formula is C12H8ClF5N2O. The first-order chi connectivity index (χ1) is 9.59. The van der Waals surface area contributed by atoms with Crippen LogP contribution in [0, 0.1) is 6.92 Å². The largest absolute Gasteiger partial charge is 0.494 e. The SMILES string of the molecule is COc1ccc(C)c2c(Cl)nc(C(F)(F)C(F)(F)F)nc12. The molecule has 0 aliphatic heterocycles. The molecule has 114 valence electrons. The lowest BCUT2D eigenvalue weighted by Gasteiger charge is -2.19. The van der Waals surface area contributed by atoms with Crippen molar-refractivity contribution in [3.8, 4) is 5.75 Å². The van der Waals surface area contributed by atoms with Crippen LogP contribution in [0.3, 0.4) is 0 Å². The molecule has 0 amide bonds. The normalized spacial score (nSPS) is 12.8. The van der Waals surface area contributed by atoms with Gasteiger partial charge in [-0.2, -0.15) is 22.0 Å². The molecule has 0 spiro atoms. The molecule has 0 fully saturated rings. The Morgan fingerprint density at radius 3 is 2.24 bits per heavy atom. The van der Waals surface area contributed by atoms with Gasteiger partial charge in [0.2, 0.25) is 5.82 Å². The third-order valence-electron chi connectivity index (χ3n) is 2.83. The highest BCUT2D eigenvalue weighted by Crippen LogP contribution is 2.44. The highest BCUT2D eigenvalue weighted by molar-refractivity contribution is 6.34. The number of aromatic nitrogens is 2. The second-order valence-electron chi connectivity index (χ2n) is 4.22. The molecule has 3 nitrogen and oxygen atoms in total. The Labute approximate surface area is 120 Å². The monoisotopic (exact) mass is 326 g/mol. The van der Waals surface area contributed by atoms with Crippen LogP contribution in [0.15, 0.2) is 12.1 Å². The number of hydrogen-bond donors (Lipinski definition) is 0. The second-order valence-corrected chi connectivity index (χ2v) is 4.58. The van der Waals surface area contributed by atoms with E-state index >= 15 is 0 Å². The van der Waals surface area contributed by atoms with Crippen LogP contribution in [0.5, 0.6) is 5.75 Å². The molecule has 2 aromatic rings. The van der Waals surface area contributed by atoms with Crippen molar-refractivity contribution >= 4 is 22.5 Å². The first-order valence-corrected chi connectivity index (χ1v) is 5.93. The van der Waals surface area contributed by atoms with Crippen LogP contribution in [0.4, 0.5) is 22.0 Å². The van der Waals surface area contributed by atoms with Crippen molar-refractivity contribution < 1.29 is 26.7 Å². The third kappa shape index (κ3) is 2.48. The predicted molar refractivity (Wildman–Crippen MR) is 65.8 cm³/mol. The maximum absolute atomic E-state index is 13.4. The number of nitrogens with zero attached hydrogens (tertiary/aromatic N) is 2. The fraction of sp³-hybridized carbons (Fsp3) is 0.333. The standard InChI is InChI=1S/C12H8ClF5N2O/c1-5-3-4-6(21-2)8-7(5)9(13)20-10(19-8)11(14,15)12(16,17)18/h3-4H,1-2H3. The number of fused-ring (bicyclic) bond motifs is 1. The number of rotatable bonds is 2. The summed E-state index contributed by atoms with van der Waals surface area (Å²) in [5.74, 6) is -6.89. The summed E-state index contributed by atoms with van der Waals surface area (Å²) in [5, 5.41) is -0.326. The van der Waals surface area contributed by atoms with Gasteiger partial charge in [0.15, 0.2) is 0 Å². The molecule has 0 N–H and O–H groups in total. The first kappa shape index (κ1) is 15.7. The van der Waals surface area contributed by atoms with Gasteiger partial charge in [-0.15, -0.1) is 0 Å². The van der Waals surface area contributed by atoms with E-state index in [9.17, 15) is 22.0 Å². The topological polar surface area (TPSA) is 35.0 Å². The predicted octanol–water partition coefficient (Wildman–Crippen LogP) is 4.25. The van der Waals surface area contributed by atoms with Gasteiger partial charge in [-0.05, 0) is 18.6 Å². The molecule has 1 aromatic carbocycles. The first-order valence-electron chi connectivity index (χ1n) is 5.55. The Hall–Kier alpha value is -1.70. The summed E-state index contributed by atoms with van der Waals surface area (Å²) in [5.41, 5.74) is 0.328. The Morgan fingerprint density at radius 1 is 1.10 bits per heavy atom. The maximum Gasteiger partial charge on any atom is 0.461 e. The zero-order valence-corrected chi connectivity index (χ0v) is 11.5. The Kier molecular flexibility index (Phi) is 3.69.